The van der Waals surface area contributed by atoms with Gasteiger partial charge in [0.05, 0.1) is 18.4 Å². The number of amides is 1. The second kappa shape index (κ2) is 8.32. The summed E-state index contributed by atoms with van der Waals surface area (Å²) in [7, 11) is 0. The van der Waals surface area contributed by atoms with Crippen molar-refractivity contribution >= 4 is 21.8 Å². The Kier molecular flexibility index (Phi) is 7.05. The Bertz CT molecular complexity index is 365. The molecule has 0 aliphatic carbocycles. The Morgan fingerprint density at radius 1 is 1.39 bits per heavy atom. The van der Waals surface area contributed by atoms with Crippen LogP contribution in [-0.4, -0.2) is 35.6 Å². The third-order valence-corrected chi connectivity index (χ3v) is 3.40. The monoisotopic (exact) mass is 317 g/mol. The Morgan fingerprint density at radius 2 is 2.17 bits per heavy atom. The van der Waals surface area contributed by atoms with Crippen LogP contribution in [0.2, 0.25) is 0 Å². The molecule has 0 bridgehead atoms. The number of furan rings is 1. The first kappa shape index (κ1) is 15.2. The lowest BCUT2D eigenvalue weighted by Gasteiger charge is -2.21. The van der Waals surface area contributed by atoms with Gasteiger partial charge in [0.25, 0.3) is 5.91 Å². The predicted molar refractivity (Wildman–Crippen MR) is 73.5 cm³/mol. The third kappa shape index (κ3) is 4.46. The molecule has 1 aromatic rings. The van der Waals surface area contributed by atoms with Gasteiger partial charge in [-0.3, -0.25) is 4.79 Å². The van der Waals surface area contributed by atoms with E-state index in [4.69, 9.17) is 9.52 Å². The number of hydrogen-bond acceptors (Lipinski definition) is 3. The molecule has 0 atom stereocenters. The van der Waals surface area contributed by atoms with Gasteiger partial charge in [-0.2, -0.15) is 0 Å². The Hall–Kier alpha value is -0.810. The zero-order valence-electron chi connectivity index (χ0n) is 10.7. The molecular weight excluding hydrogens is 298 g/mol. The summed E-state index contributed by atoms with van der Waals surface area (Å²) in [4.78, 5) is 13.9. The van der Waals surface area contributed by atoms with Gasteiger partial charge < -0.3 is 14.4 Å². The zero-order chi connectivity index (χ0) is 13.4. The van der Waals surface area contributed by atoms with Crippen LogP contribution in [0.1, 0.15) is 43.0 Å². The van der Waals surface area contributed by atoms with Gasteiger partial charge in [0.2, 0.25) is 0 Å². The minimum atomic E-state index is -0.0961. The summed E-state index contributed by atoms with van der Waals surface area (Å²) in [6, 6.07) is 1.64. The zero-order valence-corrected chi connectivity index (χ0v) is 12.3. The van der Waals surface area contributed by atoms with E-state index in [-0.39, 0.29) is 12.5 Å². The fourth-order valence-electron chi connectivity index (χ4n) is 1.78. The van der Waals surface area contributed by atoms with Crippen molar-refractivity contribution in [2.24, 2.45) is 0 Å². The number of halogens is 1. The van der Waals surface area contributed by atoms with E-state index in [2.05, 4.69) is 22.9 Å². The average Bonchev–Trinajstić information content (AvgIpc) is 2.78. The van der Waals surface area contributed by atoms with Crippen LogP contribution >= 0.6 is 15.9 Å². The quantitative estimate of drug-likeness (QED) is 0.750. The summed E-state index contributed by atoms with van der Waals surface area (Å²) >= 11 is 3.20. The fraction of sp³-hybridized carbons (Fsp3) is 0.615. The highest BCUT2D eigenvalue weighted by Crippen LogP contribution is 2.19. The van der Waals surface area contributed by atoms with Crippen molar-refractivity contribution in [2.75, 3.05) is 19.7 Å². The van der Waals surface area contributed by atoms with Crippen molar-refractivity contribution in [3.63, 3.8) is 0 Å². The molecule has 5 heteroatoms. The lowest BCUT2D eigenvalue weighted by atomic mass is 10.2. The molecule has 1 amide bonds. The first-order valence-corrected chi connectivity index (χ1v) is 7.13. The fourth-order valence-corrected chi connectivity index (χ4v) is 2.19. The van der Waals surface area contributed by atoms with Crippen LogP contribution in [0.3, 0.4) is 0 Å². The lowest BCUT2D eigenvalue weighted by Crippen LogP contribution is -2.34. The molecule has 1 heterocycles. The molecule has 0 radical (unpaired) electrons. The number of aliphatic hydroxyl groups is 1. The Morgan fingerprint density at radius 3 is 2.72 bits per heavy atom. The van der Waals surface area contributed by atoms with Crippen molar-refractivity contribution in [1.29, 1.82) is 0 Å². The van der Waals surface area contributed by atoms with Crippen molar-refractivity contribution in [3.8, 4) is 0 Å². The van der Waals surface area contributed by atoms with Crippen LogP contribution in [0, 0.1) is 0 Å². The van der Waals surface area contributed by atoms with Gasteiger partial charge in [0.15, 0.2) is 4.67 Å². The first-order chi connectivity index (χ1) is 8.70. The van der Waals surface area contributed by atoms with E-state index in [1.807, 2.05) is 0 Å². The maximum absolute atomic E-state index is 12.2. The minimum absolute atomic E-state index is 0.0189. The van der Waals surface area contributed by atoms with Gasteiger partial charge in [-0.15, -0.1) is 0 Å². The van der Waals surface area contributed by atoms with Gasteiger partial charge >= 0.3 is 0 Å². The van der Waals surface area contributed by atoms with Crippen LogP contribution in [-0.2, 0) is 0 Å². The Balaban J connectivity index is 2.55. The van der Waals surface area contributed by atoms with Gasteiger partial charge in [-0.05, 0) is 28.4 Å². The topological polar surface area (TPSA) is 53.7 Å². The highest BCUT2D eigenvalue weighted by atomic mass is 79.9. The maximum atomic E-state index is 12.2. The van der Waals surface area contributed by atoms with Gasteiger partial charge in [0, 0.05) is 13.1 Å². The van der Waals surface area contributed by atoms with Crippen LogP contribution < -0.4 is 0 Å². The second-order valence-corrected chi connectivity index (χ2v) is 4.90. The summed E-state index contributed by atoms with van der Waals surface area (Å²) in [5.74, 6) is -0.0961. The summed E-state index contributed by atoms with van der Waals surface area (Å²) in [5.41, 5.74) is 0.513. The molecule has 0 fully saturated rings. The normalized spacial score (nSPS) is 10.6. The SMILES string of the molecule is CCCCCCN(CCO)C(=O)c1ccoc1Br. The number of unbranched alkanes of at least 4 members (excludes halogenated alkanes) is 3. The summed E-state index contributed by atoms with van der Waals surface area (Å²) < 4.78 is 5.51. The van der Waals surface area contributed by atoms with Gasteiger partial charge in [-0.1, -0.05) is 26.2 Å². The first-order valence-electron chi connectivity index (χ1n) is 6.33. The molecule has 18 heavy (non-hydrogen) atoms. The molecule has 102 valence electrons. The molecule has 4 nitrogen and oxygen atoms in total. The van der Waals surface area contributed by atoms with E-state index < -0.39 is 0 Å². The minimum Gasteiger partial charge on any atom is -0.457 e. The van der Waals surface area contributed by atoms with E-state index in [0.29, 0.717) is 23.3 Å². The maximum Gasteiger partial charge on any atom is 0.258 e. The number of nitrogens with zero attached hydrogens (tertiary/aromatic N) is 1. The highest BCUT2D eigenvalue weighted by molar-refractivity contribution is 9.10. The van der Waals surface area contributed by atoms with Crippen molar-refractivity contribution < 1.29 is 14.3 Å². The molecule has 0 saturated carbocycles. The number of aliphatic hydroxyl groups excluding tert-OH is 1. The van der Waals surface area contributed by atoms with Crippen LogP contribution in [0.5, 0.6) is 0 Å². The molecule has 0 aromatic carbocycles. The standard InChI is InChI=1S/C13H20BrNO3/c1-2-3-4-5-7-15(8-9-16)13(17)11-6-10-18-12(11)14/h6,10,16H,2-5,7-9H2,1H3. The van der Waals surface area contributed by atoms with Gasteiger partial charge in [-0.25, -0.2) is 0 Å². The van der Waals surface area contributed by atoms with Crippen molar-refractivity contribution in [1.82, 2.24) is 4.90 Å². The van der Waals surface area contributed by atoms with Crippen molar-refractivity contribution in [2.45, 2.75) is 32.6 Å². The number of hydrogen-bond donors (Lipinski definition) is 1. The molecule has 0 spiro atoms. The number of rotatable bonds is 8. The molecule has 0 aliphatic heterocycles. The van der Waals surface area contributed by atoms with Crippen LogP contribution in [0.25, 0.3) is 0 Å². The smallest absolute Gasteiger partial charge is 0.258 e. The van der Waals surface area contributed by atoms with E-state index in [1.165, 1.54) is 19.1 Å². The lowest BCUT2D eigenvalue weighted by molar-refractivity contribution is 0.0716. The predicted octanol–water partition coefficient (Wildman–Crippen LogP) is 3.06. The van der Waals surface area contributed by atoms with Gasteiger partial charge in [0.1, 0.15) is 0 Å². The third-order valence-electron chi connectivity index (χ3n) is 2.79. The molecular formula is C13H20BrNO3. The highest BCUT2D eigenvalue weighted by Gasteiger charge is 2.19. The molecule has 1 aromatic heterocycles. The van der Waals surface area contributed by atoms with E-state index >= 15 is 0 Å². The average molecular weight is 318 g/mol. The van der Waals surface area contributed by atoms with Crippen LogP contribution in [0.15, 0.2) is 21.4 Å². The van der Waals surface area contributed by atoms with Crippen LogP contribution in [0.4, 0.5) is 0 Å². The van der Waals surface area contributed by atoms with E-state index in [9.17, 15) is 4.79 Å². The molecule has 0 saturated heterocycles. The molecule has 0 unspecified atom stereocenters. The summed E-state index contributed by atoms with van der Waals surface area (Å²) in [6.45, 7) is 3.17. The second-order valence-electron chi connectivity index (χ2n) is 4.18. The molecule has 1 rings (SSSR count). The van der Waals surface area contributed by atoms with Crippen molar-refractivity contribution in [3.05, 3.63) is 22.6 Å². The summed E-state index contributed by atoms with van der Waals surface area (Å²) in [6.07, 6.45) is 5.90. The summed E-state index contributed by atoms with van der Waals surface area (Å²) in [5, 5.41) is 9.03. The number of carbonyl (C=O) groups is 1. The Labute approximate surface area is 116 Å². The molecule has 0 aliphatic rings. The molecule has 1 N–H and O–H groups in total. The largest absolute Gasteiger partial charge is 0.457 e. The van der Waals surface area contributed by atoms with E-state index in [1.54, 1.807) is 11.0 Å². The number of carbonyl (C=O) groups excluding carboxylic acids is 1. The van der Waals surface area contributed by atoms with E-state index in [0.717, 1.165) is 12.8 Å².